The highest BCUT2D eigenvalue weighted by molar-refractivity contribution is 5.94. The molecule has 1 N–H and O–H groups in total. The summed E-state index contributed by atoms with van der Waals surface area (Å²) in [5.74, 6) is -3.00. The van der Waals surface area contributed by atoms with E-state index in [-0.39, 0.29) is 5.56 Å². The molecule has 0 aliphatic rings. The number of alkyl halides is 6. The van der Waals surface area contributed by atoms with Crippen LogP contribution in [0.25, 0.3) is 16.9 Å². The summed E-state index contributed by atoms with van der Waals surface area (Å²) in [5.41, 5.74) is -5.76. The van der Waals surface area contributed by atoms with Gasteiger partial charge in [-0.25, -0.2) is 19.3 Å². The monoisotopic (exact) mass is 489 g/mol. The Kier molecular flexibility index (Phi) is 6.05. The van der Waals surface area contributed by atoms with Crippen molar-refractivity contribution in [3.63, 3.8) is 0 Å². The van der Waals surface area contributed by atoms with Crippen molar-refractivity contribution in [1.29, 1.82) is 0 Å². The van der Waals surface area contributed by atoms with Gasteiger partial charge in [-0.3, -0.25) is 4.79 Å². The number of amides is 1. The zero-order chi connectivity index (χ0) is 25.6. The molecule has 0 aromatic carbocycles. The predicted molar refractivity (Wildman–Crippen MR) is 106 cm³/mol. The first-order valence-electron chi connectivity index (χ1n) is 9.47. The van der Waals surface area contributed by atoms with E-state index in [0.29, 0.717) is 16.8 Å². The molecule has 0 spiro atoms. The molecule has 0 atom stereocenters. The largest absolute Gasteiger partial charge is 0.465 e. The number of anilines is 1. The first-order valence-corrected chi connectivity index (χ1v) is 9.47. The average Bonchev–Trinajstić information content (AvgIpc) is 3.14. The third-order valence-electron chi connectivity index (χ3n) is 4.53. The normalized spacial score (nSPS) is 12.6. The van der Waals surface area contributed by atoms with E-state index < -0.39 is 63.6 Å². The van der Waals surface area contributed by atoms with E-state index >= 15 is 0 Å². The molecule has 0 radical (unpaired) electrons. The van der Waals surface area contributed by atoms with Crippen molar-refractivity contribution in [2.75, 3.05) is 12.4 Å². The Labute approximate surface area is 187 Å². The topological polar surface area (TPSA) is 98.5 Å². The van der Waals surface area contributed by atoms with Crippen LogP contribution in [0.15, 0.2) is 24.5 Å². The standard InChI is InChI=1S/C20H17F6N5O3/c1-18(2,3)17(33)28-13-6-11(19(21,22)23)10(7-27-13)15-29-14(20(24,25)26)12-5-9(16(32)34-4)8-31(12)30-15/h5-8H,1-4H3,(H,27,28,33). The third kappa shape index (κ3) is 4.94. The molecular formula is C20H17F6N5O3. The highest BCUT2D eigenvalue weighted by Crippen LogP contribution is 2.39. The number of nitrogens with zero attached hydrogens (tertiary/aromatic N) is 4. The molecule has 0 bridgehead atoms. The van der Waals surface area contributed by atoms with Crippen molar-refractivity contribution in [3.8, 4) is 11.4 Å². The summed E-state index contributed by atoms with van der Waals surface area (Å²) in [7, 11) is 1.01. The van der Waals surface area contributed by atoms with Crippen LogP contribution in [0.1, 0.15) is 42.4 Å². The van der Waals surface area contributed by atoms with Gasteiger partial charge in [-0.2, -0.15) is 26.3 Å². The summed E-state index contributed by atoms with van der Waals surface area (Å²) in [4.78, 5) is 30.9. The average molecular weight is 489 g/mol. The van der Waals surface area contributed by atoms with Gasteiger partial charge in [0.15, 0.2) is 11.5 Å². The Hall–Kier alpha value is -3.71. The lowest BCUT2D eigenvalue weighted by atomic mass is 9.96. The SMILES string of the molecule is COC(=O)c1cc2c(C(F)(F)F)nc(-c3cnc(NC(=O)C(C)(C)C)cc3C(F)(F)F)nn2c1. The minimum absolute atomic E-state index is 0.311. The van der Waals surface area contributed by atoms with Gasteiger partial charge in [0, 0.05) is 17.8 Å². The summed E-state index contributed by atoms with van der Waals surface area (Å²) in [5, 5.41) is 5.96. The van der Waals surface area contributed by atoms with Gasteiger partial charge < -0.3 is 10.1 Å². The highest BCUT2D eigenvalue weighted by Gasteiger charge is 2.39. The molecule has 34 heavy (non-hydrogen) atoms. The number of halogens is 6. The maximum atomic E-state index is 13.8. The predicted octanol–water partition coefficient (Wildman–Crippen LogP) is 4.60. The number of fused-ring (bicyclic) bond motifs is 1. The number of hydrogen-bond acceptors (Lipinski definition) is 6. The van der Waals surface area contributed by atoms with E-state index in [0.717, 1.165) is 19.4 Å². The molecule has 0 aliphatic heterocycles. The fourth-order valence-corrected chi connectivity index (χ4v) is 2.79. The van der Waals surface area contributed by atoms with Crippen LogP contribution in [0.5, 0.6) is 0 Å². The molecule has 0 unspecified atom stereocenters. The summed E-state index contributed by atoms with van der Waals surface area (Å²) in [6.07, 6.45) is -8.64. The van der Waals surface area contributed by atoms with E-state index in [2.05, 4.69) is 25.1 Å². The Morgan fingerprint density at radius 2 is 1.68 bits per heavy atom. The van der Waals surface area contributed by atoms with Crippen LogP contribution in [0.3, 0.4) is 0 Å². The lowest BCUT2D eigenvalue weighted by molar-refractivity contribution is -0.140. The quantitative estimate of drug-likeness (QED) is 0.427. The number of esters is 1. The molecule has 3 rings (SSSR count). The molecule has 3 aromatic heterocycles. The van der Waals surface area contributed by atoms with Crippen molar-refractivity contribution in [3.05, 3.63) is 41.3 Å². The molecule has 0 aliphatic carbocycles. The number of hydrogen-bond donors (Lipinski definition) is 1. The van der Waals surface area contributed by atoms with Crippen molar-refractivity contribution in [2.24, 2.45) is 5.41 Å². The van der Waals surface area contributed by atoms with Gasteiger partial charge in [-0.05, 0) is 12.1 Å². The zero-order valence-electron chi connectivity index (χ0n) is 18.1. The summed E-state index contributed by atoms with van der Waals surface area (Å²) >= 11 is 0. The number of pyridine rings is 1. The minimum atomic E-state index is -5.09. The summed E-state index contributed by atoms with van der Waals surface area (Å²) in [6, 6.07) is 1.29. The number of rotatable bonds is 3. The van der Waals surface area contributed by atoms with Crippen LogP contribution in [-0.2, 0) is 21.9 Å². The second kappa shape index (κ2) is 8.25. The minimum Gasteiger partial charge on any atom is -0.465 e. The second-order valence-corrected chi connectivity index (χ2v) is 8.15. The van der Waals surface area contributed by atoms with Crippen LogP contribution in [0, 0.1) is 5.41 Å². The van der Waals surface area contributed by atoms with Crippen molar-refractivity contribution < 1.29 is 40.7 Å². The first-order chi connectivity index (χ1) is 15.5. The first kappa shape index (κ1) is 24.9. The van der Waals surface area contributed by atoms with E-state index in [1.54, 1.807) is 0 Å². The lowest BCUT2D eigenvalue weighted by Crippen LogP contribution is -2.28. The van der Waals surface area contributed by atoms with E-state index in [4.69, 9.17) is 0 Å². The van der Waals surface area contributed by atoms with Gasteiger partial charge in [0.05, 0.1) is 29.3 Å². The molecule has 8 nitrogen and oxygen atoms in total. The van der Waals surface area contributed by atoms with Crippen LogP contribution >= 0.6 is 0 Å². The third-order valence-corrected chi connectivity index (χ3v) is 4.53. The Morgan fingerprint density at radius 1 is 1.03 bits per heavy atom. The number of carbonyl (C=O) groups is 2. The Balaban J connectivity index is 2.23. The van der Waals surface area contributed by atoms with E-state index in [1.807, 2.05) is 0 Å². The number of ether oxygens (including phenoxy) is 1. The number of nitrogens with one attached hydrogen (secondary N) is 1. The molecule has 0 saturated heterocycles. The Bertz CT molecular complexity index is 1270. The van der Waals surface area contributed by atoms with Crippen LogP contribution in [0.2, 0.25) is 0 Å². The van der Waals surface area contributed by atoms with Crippen LogP contribution in [-0.4, -0.2) is 38.6 Å². The van der Waals surface area contributed by atoms with Crippen molar-refractivity contribution in [1.82, 2.24) is 19.6 Å². The van der Waals surface area contributed by atoms with Gasteiger partial charge >= 0.3 is 18.3 Å². The molecule has 14 heteroatoms. The summed E-state index contributed by atoms with van der Waals surface area (Å²) < 4.78 is 87.4. The maximum Gasteiger partial charge on any atom is 0.435 e. The molecule has 3 heterocycles. The fraction of sp³-hybridized carbons (Fsp3) is 0.350. The maximum absolute atomic E-state index is 13.8. The zero-order valence-corrected chi connectivity index (χ0v) is 18.1. The summed E-state index contributed by atoms with van der Waals surface area (Å²) in [6.45, 7) is 4.59. The van der Waals surface area contributed by atoms with Crippen molar-refractivity contribution in [2.45, 2.75) is 33.1 Å². The molecule has 3 aromatic rings. The van der Waals surface area contributed by atoms with Gasteiger partial charge in [0.25, 0.3) is 0 Å². The highest BCUT2D eigenvalue weighted by atomic mass is 19.4. The van der Waals surface area contributed by atoms with Gasteiger partial charge in [-0.15, -0.1) is 5.10 Å². The van der Waals surface area contributed by atoms with Crippen LogP contribution in [0.4, 0.5) is 32.2 Å². The fourth-order valence-electron chi connectivity index (χ4n) is 2.79. The Morgan fingerprint density at radius 3 is 2.21 bits per heavy atom. The van der Waals surface area contributed by atoms with E-state index in [1.165, 1.54) is 20.8 Å². The van der Waals surface area contributed by atoms with Gasteiger partial charge in [-0.1, -0.05) is 20.8 Å². The molecule has 0 saturated carbocycles. The second-order valence-electron chi connectivity index (χ2n) is 8.15. The van der Waals surface area contributed by atoms with Crippen LogP contribution < -0.4 is 5.32 Å². The lowest BCUT2D eigenvalue weighted by Gasteiger charge is -2.19. The van der Waals surface area contributed by atoms with Crippen molar-refractivity contribution >= 4 is 23.2 Å². The molecule has 1 amide bonds. The van der Waals surface area contributed by atoms with E-state index in [9.17, 15) is 35.9 Å². The number of methoxy groups -OCH3 is 1. The van der Waals surface area contributed by atoms with Gasteiger partial charge in [0.2, 0.25) is 5.91 Å². The number of carbonyl (C=O) groups excluding carboxylic acids is 2. The smallest absolute Gasteiger partial charge is 0.435 e. The molecule has 0 fully saturated rings. The van der Waals surface area contributed by atoms with Gasteiger partial charge in [0.1, 0.15) is 5.82 Å². The number of aromatic nitrogens is 4. The molecular weight excluding hydrogens is 472 g/mol. The molecule has 182 valence electrons.